The molecule has 1 amide bonds. The summed E-state index contributed by atoms with van der Waals surface area (Å²) in [5.41, 5.74) is 4.33. The van der Waals surface area contributed by atoms with E-state index >= 15 is 0 Å². The second-order valence-electron chi connectivity index (χ2n) is 7.44. The highest BCUT2D eigenvalue weighted by Gasteiger charge is 2.13. The standard InChI is InChI=1S/C24H25N5OS/c1-16-8-6-9-17(2)23(16)25-14-21-27-28-24(29(21)3)31-15-22(30)26-20-13-7-11-18-10-4-5-12-19(18)20/h4-13,25H,14-15H2,1-3H3,(H,26,30). The van der Waals surface area contributed by atoms with Crippen LogP contribution in [0, 0.1) is 13.8 Å². The predicted molar refractivity (Wildman–Crippen MR) is 128 cm³/mol. The highest BCUT2D eigenvalue weighted by Crippen LogP contribution is 2.24. The van der Waals surface area contributed by atoms with Gasteiger partial charge in [-0.1, -0.05) is 66.4 Å². The van der Waals surface area contributed by atoms with Gasteiger partial charge in [0.25, 0.3) is 0 Å². The van der Waals surface area contributed by atoms with Crippen molar-refractivity contribution in [2.45, 2.75) is 25.5 Å². The minimum Gasteiger partial charge on any atom is -0.377 e. The van der Waals surface area contributed by atoms with Crippen LogP contribution in [-0.4, -0.2) is 26.4 Å². The van der Waals surface area contributed by atoms with Crippen LogP contribution in [0.3, 0.4) is 0 Å². The number of carbonyl (C=O) groups is 1. The molecule has 2 N–H and O–H groups in total. The van der Waals surface area contributed by atoms with Crippen molar-refractivity contribution >= 4 is 39.8 Å². The van der Waals surface area contributed by atoms with E-state index in [4.69, 9.17) is 0 Å². The maximum Gasteiger partial charge on any atom is 0.234 e. The molecular weight excluding hydrogens is 406 g/mol. The van der Waals surface area contributed by atoms with Gasteiger partial charge < -0.3 is 15.2 Å². The Morgan fingerprint density at radius 3 is 2.48 bits per heavy atom. The lowest BCUT2D eigenvalue weighted by Crippen LogP contribution is -2.15. The summed E-state index contributed by atoms with van der Waals surface area (Å²) in [5, 5.41) is 17.9. The zero-order valence-electron chi connectivity index (χ0n) is 17.8. The second kappa shape index (κ2) is 9.22. The molecule has 4 rings (SSSR count). The Kier molecular flexibility index (Phi) is 6.23. The Morgan fingerprint density at radius 1 is 0.968 bits per heavy atom. The Morgan fingerprint density at radius 2 is 1.68 bits per heavy atom. The van der Waals surface area contributed by atoms with Crippen LogP contribution in [0.25, 0.3) is 10.8 Å². The largest absolute Gasteiger partial charge is 0.377 e. The molecule has 0 aliphatic carbocycles. The second-order valence-corrected chi connectivity index (χ2v) is 8.38. The van der Waals surface area contributed by atoms with Crippen LogP contribution in [0.2, 0.25) is 0 Å². The first kappa shape index (κ1) is 20.9. The molecule has 1 aromatic heterocycles. The number of anilines is 2. The van der Waals surface area contributed by atoms with Gasteiger partial charge in [-0.3, -0.25) is 4.79 Å². The number of nitrogens with zero attached hydrogens (tertiary/aromatic N) is 3. The molecule has 31 heavy (non-hydrogen) atoms. The Hall–Kier alpha value is -3.32. The molecule has 7 heteroatoms. The first-order chi connectivity index (χ1) is 15.0. The first-order valence-electron chi connectivity index (χ1n) is 10.1. The molecule has 0 unspecified atom stereocenters. The molecule has 0 atom stereocenters. The lowest BCUT2D eigenvalue weighted by Gasteiger charge is -2.12. The number of para-hydroxylation sites is 1. The summed E-state index contributed by atoms with van der Waals surface area (Å²) in [4.78, 5) is 12.5. The number of fused-ring (bicyclic) bond motifs is 1. The van der Waals surface area contributed by atoms with Crippen LogP contribution in [0.1, 0.15) is 17.0 Å². The Bertz CT molecular complexity index is 1210. The summed E-state index contributed by atoms with van der Waals surface area (Å²) < 4.78 is 1.93. The summed E-state index contributed by atoms with van der Waals surface area (Å²) in [6, 6.07) is 20.1. The maximum absolute atomic E-state index is 12.5. The van der Waals surface area contributed by atoms with Crippen LogP contribution in [-0.2, 0) is 18.4 Å². The van der Waals surface area contributed by atoms with E-state index in [2.05, 4.69) is 52.9 Å². The molecule has 3 aromatic carbocycles. The Balaban J connectivity index is 1.37. The summed E-state index contributed by atoms with van der Waals surface area (Å²) in [6.45, 7) is 4.74. The number of hydrogen-bond donors (Lipinski definition) is 2. The van der Waals surface area contributed by atoms with E-state index in [0.29, 0.717) is 11.7 Å². The molecule has 1 heterocycles. The van der Waals surface area contributed by atoms with Crippen molar-refractivity contribution in [3.8, 4) is 0 Å². The van der Waals surface area contributed by atoms with Crippen molar-refractivity contribution in [1.29, 1.82) is 0 Å². The predicted octanol–water partition coefficient (Wildman–Crippen LogP) is 4.93. The van der Waals surface area contributed by atoms with E-state index < -0.39 is 0 Å². The van der Waals surface area contributed by atoms with Gasteiger partial charge in [0, 0.05) is 23.8 Å². The summed E-state index contributed by atoms with van der Waals surface area (Å²) >= 11 is 1.38. The molecule has 0 aliphatic heterocycles. The van der Waals surface area contributed by atoms with Crippen molar-refractivity contribution in [2.24, 2.45) is 7.05 Å². The number of rotatable bonds is 7. The van der Waals surface area contributed by atoms with Crippen molar-refractivity contribution in [3.63, 3.8) is 0 Å². The first-order valence-corrected chi connectivity index (χ1v) is 11.1. The number of hydrogen-bond acceptors (Lipinski definition) is 5. The molecule has 0 fully saturated rings. The smallest absolute Gasteiger partial charge is 0.234 e. The van der Waals surface area contributed by atoms with Gasteiger partial charge >= 0.3 is 0 Å². The van der Waals surface area contributed by atoms with Gasteiger partial charge in [0.05, 0.1) is 12.3 Å². The minimum atomic E-state index is -0.0698. The number of thioether (sulfide) groups is 1. The number of nitrogens with one attached hydrogen (secondary N) is 2. The van der Waals surface area contributed by atoms with Crippen LogP contribution in [0.5, 0.6) is 0 Å². The van der Waals surface area contributed by atoms with Crippen molar-refractivity contribution in [2.75, 3.05) is 16.4 Å². The van der Waals surface area contributed by atoms with E-state index in [1.165, 1.54) is 22.9 Å². The van der Waals surface area contributed by atoms with E-state index in [0.717, 1.165) is 28.0 Å². The highest BCUT2D eigenvalue weighted by molar-refractivity contribution is 7.99. The summed E-state index contributed by atoms with van der Waals surface area (Å²) in [7, 11) is 1.92. The maximum atomic E-state index is 12.5. The van der Waals surface area contributed by atoms with Gasteiger partial charge in [0.2, 0.25) is 5.91 Å². The molecule has 0 spiro atoms. The fraction of sp³-hybridized carbons (Fsp3) is 0.208. The lowest BCUT2D eigenvalue weighted by molar-refractivity contribution is -0.113. The van der Waals surface area contributed by atoms with E-state index in [9.17, 15) is 4.79 Å². The van der Waals surface area contributed by atoms with Crippen LogP contribution in [0.4, 0.5) is 11.4 Å². The zero-order valence-corrected chi connectivity index (χ0v) is 18.7. The topological polar surface area (TPSA) is 71.8 Å². The quantitative estimate of drug-likeness (QED) is 0.406. The summed E-state index contributed by atoms with van der Waals surface area (Å²) in [5.74, 6) is 1.01. The molecule has 0 bridgehead atoms. The fourth-order valence-electron chi connectivity index (χ4n) is 3.54. The number of benzene rings is 3. The molecular formula is C24H25N5OS. The van der Waals surface area contributed by atoms with Gasteiger partial charge in [-0.2, -0.15) is 0 Å². The average molecular weight is 432 g/mol. The number of carbonyl (C=O) groups excluding carboxylic acids is 1. The van der Waals surface area contributed by atoms with Gasteiger partial charge in [0.1, 0.15) is 0 Å². The molecule has 158 valence electrons. The van der Waals surface area contributed by atoms with E-state index in [1.807, 2.05) is 54.1 Å². The number of aryl methyl sites for hydroxylation is 2. The minimum absolute atomic E-state index is 0.0698. The summed E-state index contributed by atoms with van der Waals surface area (Å²) in [6.07, 6.45) is 0. The monoisotopic (exact) mass is 431 g/mol. The van der Waals surface area contributed by atoms with E-state index in [1.54, 1.807) is 0 Å². The molecule has 0 radical (unpaired) electrons. The normalized spacial score (nSPS) is 10.9. The number of amides is 1. The third-order valence-corrected chi connectivity index (χ3v) is 6.25. The Labute approximate surface area is 186 Å². The molecule has 0 saturated carbocycles. The van der Waals surface area contributed by atoms with Crippen molar-refractivity contribution in [3.05, 3.63) is 77.6 Å². The van der Waals surface area contributed by atoms with E-state index in [-0.39, 0.29) is 11.7 Å². The van der Waals surface area contributed by atoms with Crippen molar-refractivity contribution < 1.29 is 4.79 Å². The van der Waals surface area contributed by atoms with Gasteiger partial charge in [-0.25, -0.2) is 0 Å². The average Bonchev–Trinajstić information content (AvgIpc) is 3.12. The molecule has 0 aliphatic rings. The van der Waals surface area contributed by atoms with Gasteiger partial charge in [0.15, 0.2) is 11.0 Å². The van der Waals surface area contributed by atoms with Crippen LogP contribution < -0.4 is 10.6 Å². The van der Waals surface area contributed by atoms with Crippen LogP contribution >= 0.6 is 11.8 Å². The SMILES string of the molecule is Cc1cccc(C)c1NCc1nnc(SCC(=O)Nc2cccc3ccccc23)n1C. The highest BCUT2D eigenvalue weighted by atomic mass is 32.2. The zero-order chi connectivity index (χ0) is 21.8. The number of aromatic nitrogens is 3. The lowest BCUT2D eigenvalue weighted by atomic mass is 10.1. The van der Waals surface area contributed by atoms with Crippen molar-refractivity contribution in [1.82, 2.24) is 14.8 Å². The molecule has 0 saturated heterocycles. The fourth-order valence-corrected chi connectivity index (χ4v) is 4.27. The van der Waals surface area contributed by atoms with Crippen LogP contribution in [0.15, 0.2) is 65.8 Å². The third kappa shape index (κ3) is 4.72. The molecule has 6 nitrogen and oxygen atoms in total. The molecule has 4 aromatic rings. The van der Waals surface area contributed by atoms with Gasteiger partial charge in [-0.15, -0.1) is 10.2 Å². The third-order valence-electron chi connectivity index (χ3n) is 5.23. The van der Waals surface area contributed by atoms with Gasteiger partial charge in [-0.05, 0) is 36.4 Å².